The Labute approximate surface area is 159 Å². The van der Waals surface area contributed by atoms with Gasteiger partial charge in [0.05, 0.1) is 19.3 Å². The molecule has 2 aromatic rings. The molecule has 142 valence electrons. The van der Waals surface area contributed by atoms with Gasteiger partial charge in [-0.1, -0.05) is 25.2 Å². The average molecular weight is 377 g/mol. The van der Waals surface area contributed by atoms with Gasteiger partial charge in [-0.2, -0.15) is 0 Å². The molecule has 0 N–H and O–H groups in total. The highest BCUT2D eigenvalue weighted by atomic mass is 32.1. The number of hydrogen-bond acceptors (Lipinski definition) is 6. The van der Waals surface area contributed by atoms with Crippen LogP contribution >= 0.6 is 11.3 Å². The lowest BCUT2D eigenvalue weighted by Crippen LogP contribution is -2.45. The highest BCUT2D eigenvalue weighted by Crippen LogP contribution is 2.22. The fraction of sp³-hybridized carbons (Fsp3) is 0.667. The van der Waals surface area contributed by atoms with Crippen molar-refractivity contribution in [3.8, 4) is 0 Å². The Kier molecular flexibility index (Phi) is 6.03. The molecule has 1 amide bonds. The van der Waals surface area contributed by atoms with Gasteiger partial charge in [0.25, 0.3) is 0 Å². The van der Waals surface area contributed by atoms with Gasteiger partial charge in [0, 0.05) is 44.0 Å². The summed E-state index contributed by atoms with van der Waals surface area (Å²) in [4.78, 5) is 20.9. The molecule has 0 aromatic carbocycles. The van der Waals surface area contributed by atoms with Crippen LogP contribution in [0.3, 0.4) is 0 Å². The summed E-state index contributed by atoms with van der Waals surface area (Å²) in [7, 11) is 4.07. The number of hydrogen-bond donors (Lipinski definition) is 0. The van der Waals surface area contributed by atoms with E-state index in [9.17, 15) is 4.79 Å². The topological polar surface area (TPSA) is 67.2 Å². The van der Waals surface area contributed by atoms with Crippen molar-refractivity contribution in [3.05, 3.63) is 28.2 Å². The largest absolute Gasteiger partial charge is 0.342 e. The first-order valence-electron chi connectivity index (χ1n) is 9.19. The first-order chi connectivity index (χ1) is 12.4. The molecule has 0 radical (unpaired) electrons. The van der Waals surface area contributed by atoms with Gasteiger partial charge in [-0.3, -0.25) is 9.69 Å². The Balaban J connectivity index is 1.48. The molecule has 3 rings (SSSR count). The normalized spacial score (nSPS) is 16.0. The molecular weight excluding hydrogens is 348 g/mol. The van der Waals surface area contributed by atoms with E-state index in [0.717, 1.165) is 48.2 Å². The van der Waals surface area contributed by atoms with Crippen molar-refractivity contribution in [3.63, 3.8) is 0 Å². The molecular formula is C18H28N6OS. The molecule has 1 aliphatic rings. The molecule has 3 heterocycles. The standard InChI is InChI=1S/C18H28N6OS/c1-13(2)18-21-20-16(26-18)11-22(3)14-5-7-24(8-6-14)17(25)9-15-10-19-12-23(15)4/h10,12-14H,5-9,11H2,1-4H3. The van der Waals surface area contributed by atoms with Gasteiger partial charge in [0.2, 0.25) is 5.91 Å². The first kappa shape index (κ1) is 19.0. The number of nitrogens with zero attached hydrogens (tertiary/aromatic N) is 6. The van der Waals surface area contributed by atoms with Crippen LogP contribution in [0.2, 0.25) is 0 Å². The third kappa shape index (κ3) is 4.48. The van der Waals surface area contributed by atoms with Crippen molar-refractivity contribution < 1.29 is 4.79 Å². The fourth-order valence-corrected chi connectivity index (χ4v) is 4.19. The minimum absolute atomic E-state index is 0.195. The number of rotatable bonds is 6. The highest BCUT2D eigenvalue weighted by molar-refractivity contribution is 7.11. The summed E-state index contributed by atoms with van der Waals surface area (Å²) in [5.74, 6) is 0.626. The number of carbonyl (C=O) groups is 1. The van der Waals surface area contributed by atoms with Crippen molar-refractivity contribution in [1.29, 1.82) is 0 Å². The second kappa shape index (κ2) is 8.26. The van der Waals surface area contributed by atoms with Gasteiger partial charge in [0.15, 0.2) is 0 Å². The SMILES string of the molecule is CC(C)c1nnc(CN(C)C2CCN(C(=O)Cc3cncn3C)CC2)s1. The lowest BCUT2D eigenvalue weighted by molar-refractivity contribution is -0.132. The molecule has 0 spiro atoms. The van der Waals surface area contributed by atoms with Crippen LogP contribution in [0, 0.1) is 0 Å². The van der Waals surface area contributed by atoms with Crippen LogP contribution < -0.4 is 0 Å². The number of aromatic nitrogens is 4. The maximum absolute atomic E-state index is 12.5. The Morgan fingerprint density at radius 1 is 1.35 bits per heavy atom. The second-order valence-electron chi connectivity index (χ2n) is 7.39. The van der Waals surface area contributed by atoms with Crippen molar-refractivity contribution in [2.75, 3.05) is 20.1 Å². The quantitative estimate of drug-likeness (QED) is 0.772. The van der Waals surface area contributed by atoms with Crippen molar-refractivity contribution in [2.24, 2.45) is 7.05 Å². The molecule has 0 aliphatic carbocycles. The molecule has 0 atom stereocenters. The van der Waals surface area contributed by atoms with E-state index in [1.54, 1.807) is 23.9 Å². The molecule has 0 unspecified atom stereocenters. The number of amides is 1. The van der Waals surface area contributed by atoms with E-state index in [-0.39, 0.29) is 5.91 Å². The zero-order valence-corrected chi connectivity index (χ0v) is 16.9. The summed E-state index contributed by atoms with van der Waals surface area (Å²) >= 11 is 1.71. The summed E-state index contributed by atoms with van der Waals surface area (Å²) in [6, 6.07) is 0.488. The maximum Gasteiger partial charge on any atom is 0.228 e. The van der Waals surface area contributed by atoms with Gasteiger partial charge in [-0.05, 0) is 19.9 Å². The lowest BCUT2D eigenvalue weighted by atomic mass is 10.0. The minimum Gasteiger partial charge on any atom is -0.342 e. The molecule has 0 saturated carbocycles. The number of carbonyl (C=O) groups excluding carboxylic acids is 1. The Bertz CT molecular complexity index is 732. The Morgan fingerprint density at radius 2 is 2.08 bits per heavy atom. The van der Waals surface area contributed by atoms with Crippen molar-refractivity contribution in [2.45, 2.75) is 51.6 Å². The van der Waals surface area contributed by atoms with Gasteiger partial charge >= 0.3 is 0 Å². The van der Waals surface area contributed by atoms with Crippen molar-refractivity contribution >= 4 is 17.2 Å². The van der Waals surface area contributed by atoms with Gasteiger partial charge in [0.1, 0.15) is 10.0 Å². The van der Waals surface area contributed by atoms with Crippen LogP contribution in [0.5, 0.6) is 0 Å². The first-order valence-corrected chi connectivity index (χ1v) is 10.0. The van der Waals surface area contributed by atoms with Gasteiger partial charge in [-0.25, -0.2) is 4.98 Å². The zero-order valence-electron chi connectivity index (χ0n) is 16.1. The Hall–Kier alpha value is -1.80. The third-order valence-corrected chi connectivity index (χ3v) is 6.26. The number of aryl methyl sites for hydroxylation is 1. The third-order valence-electron chi connectivity index (χ3n) is 5.05. The second-order valence-corrected chi connectivity index (χ2v) is 8.48. The van der Waals surface area contributed by atoms with Crippen LogP contribution in [0.15, 0.2) is 12.5 Å². The fourth-order valence-electron chi connectivity index (χ4n) is 3.28. The summed E-state index contributed by atoms with van der Waals surface area (Å²) < 4.78 is 1.91. The molecule has 1 saturated heterocycles. The summed E-state index contributed by atoms with van der Waals surface area (Å²) in [5, 5.41) is 10.8. The van der Waals surface area contributed by atoms with Crippen LogP contribution in [0.25, 0.3) is 0 Å². The average Bonchev–Trinajstić information content (AvgIpc) is 3.24. The molecule has 7 nitrogen and oxygen atoms in total. The smallest absolute Gasteiger partial charge is 0.228 e. The number of piperidine rings is 1. The molecule has 2 aromatic heterocycles. The van der Waals surface area contributed by atoms with Crippen LogP contribution in [0.1, 0.15) is 48.3 Å². The molecule has 0 bridgehead atoms. The van der Waals surface area contributed by atoms with Gasteiger partial charge < -0.3 is 9.47 Å². The van der Waals surface area contributed by atoms with Crippen LogP contribution in [-0.2, 0) is 24.8 Å². The number of likely N-dealkylation sites (tertiary alicyclic amines) is 1. The van der Waals surface area contributed by atoms with Crippen molar-refractivity contribution in [1.82, 2.24) is 29.5 Å². The lowest BCUT2D eigenvalue weighted by Gasteiger charge is -2.36. The van der Waals surface area contributed by atoms with E-state index < -0.39 is 0 Å². The number of imidazole rings is 1. The summed E-state index contributed by atoms with van der Waals surface area (Å²) in [6.45, 7) is 6.76. The Morgan fingerprint density at radius 3 is 2.65 bits per heavy atom. The molecule has 1 fully saturated rings. The zero-order chi connectivity index (χ0) is 18.7. The van der Waals surface area contributed by atoms with E-state index in [1.807, 2.05) is 16.5 Å². The van der Waals surface area contributed by atoms with Crippen LogP contribution in [-0.4, -0.2) is 61.6 Å². The summed E-state index contributed by atoms with van der Waals surface area (Å²) in [6.07, 6.45) is 5.95. The van der Waals surface area contributed by atoms with Gasteiger partial charge in [-0.15, -0.1) is 10.2 Å². The maximum atomic E-state index is 12.5. The molecule has 8 heteroatoms. The predicted octanol–water partition coefficient (Wildman–Crippen LogP) is 2.06. The molecule has 26 heavy (non-hydrogen) atoms. The molecule has 1 aliphatic heterocycles. The predicted molar refractivity (Wildman–Crippen MR) is 102 cm³/mol. The van der Waals surface area contributed by atoms with E-state index in [0.29, 0.717) is 18.4 Å². The summed E-state index contributed by atoms with van der Waals surface area (Å²) in [5.41, 5.74) is 0.964. The monoisotopic (exact) mass is 376 g/mol. The van der Waals surface area contributed by atoms with Crippen LogP contribution in [0.4, 0.5) is 0 Å². The van der Waals surface area contributed by atoms with E-state index in [1.165, 1.54) is 0 Å². The minimum atomic E-state index is 0.195. The van der Waals surface area contributed by atoms with E-state index in [2.05, 4.69) is 41.0 Å². The van der Waals surface area contributed by atoms with E-state index >= 15 is 0 Å². The highest BCUT2D eigenvalue weighted by Gasteiger charge is 2.26. The van der Waals surface area contributed by atoms with E-state index in [4.69, 9.17) is 0 Å².